The molecule has 19 heavy (non-hydrogen) atoms. The first kappa shape index (κ1) is 23.2. The van der Waals surface area contributed by atoms with Gasteiger partial charge in [-0.3, -0.25) is 9.59 Å². The van der Waals surface area contributed by atoms with Crippen molar-refractivity contribution in [3.05, 3.63) is 0 Å². The molecule has 0 spiro atoms. The van der Waals surface area contributed by atoms with Crippen LogP contribution in [0.3, 0.4) is 0 Å². The molecule has 0 saturated carbocycles. The Morgan fingerprint density at radius 2 is 1.26 bits per heavy atom. The number of carbonyl (C=O) groups excluding carboxylic acids is 1. The number of ketones is 1. The Morgan fingerprint density at radius 1 is 0.895 bits per heavy atom. The van der Waals surface area contributed by atoms with E-state index in [0.29, 0.717) is 18.1 Å². The zero-order valence-corrected chi connectivity index (χ0v) is 14.0. The first-order valence-electron chi connectivity index (χ1n) is 7.44. The summed E-state index contributed by atoms with van der Waals surface area (Å²) >= 11 is 0. The molecule has 1 N–H and O–H groups in total. The van der Waals surface area contributed by atoms with Crippen LogP contribution in [-0.4, -0.2) is 16.9 Å². The second-order valence-corrected chi connectivity index (χ2v) is 5.37. The van der Waals surface area contributed by atoms with Crippen molar-refractivity contribution in [2.24, 2.45) is 11.8 Å². The minimum atomic E-state index is -0.745. The van der Waals surface area contributed by atoms with Crippen LogP contribution < -0.4 is 0 Å². The number of carboxylic acid groups (broad SMARTS) is 1. The molecule has 0 radical (unpaired) electrons. The number of rotatable bonds is 6. The van der Waals surface area contributed by atoms with Crippen molar-refractivity contribution < 1.29 is 14.7 Å². The third-order valence-electron chi connectivity index (χ3n) is 2.51. The van der Waals surface area contributed by atoms with Crippen molar-refractivity contribution in [1.82, 2.24) is 0 Å². The minimum absolute atomic E-state index is 0.222. The van der Waals surface area contributed by atoms with E-state index in [1.54, 1.807) is 6.92 Å². The predicted octanol–water partition coefficient (Wildman–Crippen LogP) is 4.94. The maximum Gasteiger partial charge on any atom is 0.303 e. The number of Topliss-reactive ketones (excluding diaryl/α,β-unsaturated/α-hetero) is 1. The lowest BCUT2D eigenvalue weighted by Gasteiger charge is -2.00. The lowest BCUT2D eigenvalue weighted by molar-refractivity contribution is -0.136. The third kappa shape index (κ3) is 38.2. The molecule has 0 saturated heterocycles. The normalized spacial score (nSPS) is 9.32. The smallest absolute Gasteiger partial charge is 0.303 e. The number of aliphatic carboxylic acids is 1. The van der Waals surface area contributed by atoms with Crippen LogP contribution >= 0.6 is 0 Å². The molecule has 0 fully saturated rings. The van der Waals surface area contributed by atoms with E-state index in [1.165, 1.54) is 6.42 Å². The lowest BCUT2D eigenvalue weighted by atomic mass is 10.1. The fourth-order valence-corrected chi connectivity index (χ4v) is 0.626. The predicted molar refractivity (Wildman–Crippen MR) is 82.4 cm³/mol. The fourth-order valence-electron chi connectivity index (χ4n) is 0.626. The molecule has 0 amide bonds. The van der Waals surface area contributed by atoms with Crippen molar-refractivity contribution in [1.29, 1.82) is 0 Å². The molecule has 0 heterocycles. The molecule has 3 heteroatoms. The van der Waals surface area contributed by atoms with Crippen LogP contribution in [0.15, 0.2) is 0 Å². The molecule has 0 atom stereocenters. The van der Waals surface area contributed by atoms with Gasteiger partial charge in [0.25, 0.3) is 0 Å². The molecule has 3 nitrogen and oxygen atoms in total. The van der Waals surface area contributed by atoms with Crippen molar-refractivity contribution in [3.63, 3.8) is 0 Å². The summed E-state index contributed by atoms with van der Waals surface area (Å²) in [5.41, 5.74) is 0. The Bertz CT molecular complexity index is 208. The highest BCUT2D eigenvalue weighted by molar-refractivity contribution is 5.77. The van der Waals surface area contributed by atoms with E-state index in [0.717, 1.165) is 18.8 Å². The number of hydrogen-bond donors (Lipinski definition) is 1. The van der Waals surface area contributed by atoms with Gasteiger partial charge in [0.05, 0.1) is 0 Å². The van der Waals surface area contributed by atoms with E-state index in [4.69, 9.17) is 5.11 Å². The van der Waals surface area contributed by atoms with Gasteiger partial charge in [0, 0.05) is 19.3 Å². The maximum atomic E-state index is 10.7. The second-order valence-electron chi connectivity index (χ2n) is 5.37. The van der Waals surface area contributed by atoms with Gasteiger partial charge in [-0.25, -0.2) is 0 Å². The van der Waals surface area contributed by atoms with Gasteiger partial charge in [-0.1, -0.05) is 54.9 Å². The Kier molecular flexibility index (Phi) is 21.0. The van der Waals surface area contributed by atoms with Gasteiger partial charge in [-0.15, -0.1) is 0 Å². The molecule has 0 rings (SSSR count). The first-order chi connectivity index (χ1) is 8.70. The maximum absolute atomic E-state index is 10.7. The van der Waals surface area contributed by atoms with Gasteiger partial charge in [0.15, 0.2) is 0 Å². The van der Waals surface area contributed by atoms with Crippen LogP contribution in [0.25, 0.3) is 0 Å². The molecule has 0 unspecified atom stereocenters. The average Bonchev–Trinajstić information content (AvgIpc) is 2.37. The van der Waals surface area contributed by atoms with Gasteiger partial charge >= 0.3 is 5.97 Å². The molecule has 0 aliphatic carbocycles. The molecule has 0 aromatic rings. The van der Waals surface area contributed by atoms with Crippen LogP contribution in [0.4, 0.5) is 0 Å². The second kappa shape index (κ2) is 17.1. The summed E-state index contributed by atoms with van der Waals surface area (Å²) in [7, 11) is 0. The Hall–Kier alpha value is -0.860. The van der Waals surface area contributed by atoms with Crippen LogP contribution in [0, 0.1) is 11.8 Å². The van der Waals surface area contributed by atoms with E-state index >= 15 is 0 Å². The monoisotopic (exact) mass is 274 g/mol. The summed E-state index contributed by atoms with van der Waals surface area (Å²) in [4.78, 5) is 20.1. The van der Waals surface area contributed by atoms with Crippen LogP contribution in [-0.2, 0) is 9.59 Å². The minimum Gasteiger partial charge on any atom is -0.481 e. The molecule has 0 aliphatic rings. The molecule has 0 bridgehead atoms. The van der Waals surface area contributed by atoms with Crippen molar-refractivity contribution in [2.75, 3.05) is 0 Å². The molecule has 0 aromatic carbocycles. The topological polar surface area (TPSA) is 54.4 Å². The van der Waals surface area contributed by atoms with Crippen LogP contribution in [0.5, 0.6) is 0 Å². The summed E-state index contributed by atoms with van der Waals surface area (Å²) in [6.07, 6.45) is 4.05. The molecule has 0 aliphatic heterocycles. The first-order valence-corrected chi connectivity index (χ1v) is 7.44. The zero-order chi connectivity index (χ0) is 15.8. The van der Waals surface area contributed by atoms with E-state index in [2.05, 4.69) is 34.6 Å². The van der Waals surface area contributed by atoms with Gasteiger partial charge in [-0.2, -0.15) is 0 Å². The Labute approximate surface area is 119 Å². The Morgan fingerprint density at radius 3 is 1.42 bits per heavy atom. The van der Waals surface area contributed by atoms with Gasteiger partial charge in [0.1, 0.15) is 5.78 Å². The summed E-state index contributed by atoms with van der Waals surface area (Å²) in [6.45, 7) is 14.4. The van der Waals surface area contributed by atoms with Crippen LogP contribution in [0.1, 0.15) is 80.6 Å². The largest absolute Gasteiger partial charge is 0.481 e. The van der Waals surface area contributed by atoms with Gasteiger partial charge < -0.3 is 5.11 Å². The fraction of sp³-hybridized carbons (Fsp3) is 0.875. The van der Waals surface area contributed by atoms with E-state index in [1.807, 2.05) is 6.92 Å². The highest BCUT2D eigenvalue weighted by Crippen LogP contribution is 2.04. The lowest BCUT2D eigenvalue weighted by Crippen LogP contribution is -1.97. The van der Waals surface area contributed by atoms with E-state index in [9.17, 15) is 9.59 Å². The van der Waals surface area contributed by atoms with E-state index in [-0.39, 0.29) is 6.42 Å². The van der Waals surface area contributed by atoms with Gasteiger partial charge in [-0.05, 0) is 18.3 Å². The SMILES string of the molecule is CCC(=O)CCC(C)C.CCC(=O)O.CCC(C)C. The third-order valence-corrected chi connectivity index (χ3v) is 2.51. The number of carboxylic acids is 1. The van der Waals surface area contributed by atoms with Crippen molar-refractivity contribution in [2.45, 2.75) is 80.6 Å². The van der Waals surface area contributed by atoms with Crippen molar-refractivity contribution in [3.8, 4) is 0 Å². The number of hydrogen-bond acceptors (Lipinski definition) is 2. The Balaban J connectivity index is -0.000000219. The zero-order valence-electron chi connectivity index (χ0n) is 14.0. The van der Waals surface area contributed by atoms with Gasteiger partial charge in [0.2, 0.25) is 0 Å². The standard InChI is InChI=1S/C8H16O.C5H12.C3H6O2/c1-4-8(9)6-5-7(2)3;1-4-5(2)3;1-2-3(4)5/h7H,4-6H2,1-3H3;5H,4H2,1-3H3;2H2,1H3,(H,4,5). The summed E-state index contributed by atoms with van der Waals surface area (Å²) < 4.78 is 0. The quantitative estimate of drug-likeness (QED) is 0.746. The van der Waals surface area contributed by atoms with E-state index < -0.39 is 5.97 Å². The number of carbonyl (C=O) groups is 2. The summed E-state index contributed by atoms with van der Waals surface area (Å²) in [5, 5.41) is 7.72. The highest BCUT2D eigenvalue weighted by Gasteiger charge is 1.99. The highest BCUT2D eigenvalue weighted by atomic mass is 16.4. The molecular formula is C16H34O3. The molecular weight excluding hydrogens is 240 g/mol. The van der Waals surface area contributed by atoms with Crippen molar-refractivity contribution >= 4 is 11.8 Å². The summed E-state index contributed by atoms with van der Waals surface area (Å²) in [5.74, 6) is 1.20. The van der Waals surface area contributed by atoms with Crippen LogP contribution in [0.2, 0.25) is 0 Å². The average molecular weight is 274 g/mol. The summed E-state index contributed by atoms with van der Waals surface area (Å²) in [6, 6.07) is 0. The molecule has 116 valence electrons. The molecule has 0 aromatic heterocycles.